The van der Waals surface area contributed by atoms with Crippen molar-refractivity contribution in [2.45, 2.75) is 24.8 Å². The van der Waals surface area contributed by atoms with Crippen LogP contribution < -0.4 is 15.4 Å². The molecule has 0 radical (unpaired) electrons. The Hall–Kier alpha value is -3.78. The highest BCUT2D eigenvalue weighted by atomic mass is 16.5. The largest absolute Gasteiger partial charge is 0.456 e. The first kappa shape index (κ1) is 18.3. The number of hydrogen-bond donors (Lipinski definition) is 2. The lowest BCUT2D eigenvalue weighted by molar-refractivity contribution is 0.251. The third-order valence-electron chi connectivity index (χ3n) is 5.84. The molecule has 2 N–H and O–H groups in total. The summed E-state index contributed by atoms with van der Waals surface area (Å²) < 4.78 is 5.72. The first-order valence-corrected chi connectivity index (χ1v) is 10.1. The van der Waals surface area contributed by atoms with Gasteiger partial charge < -0.3 is 10.1 Å². The van der Waals surface area contributed by atoms with Gasteiger partial charge in [0.2, 0.25) is 0 Å². The number of nitrogens with zero attached hydrogens (tertiary/aromatic N) is 1. The Kier molecular flexibility index (Phi) is 4.61. The molecule has 3 aromatic rings. The number of terminal acetylenes is 1. The van der Waals surface area contributed by atoms with Crippen LogP contribution in [0.15, 0.2) is 66.9 Å². The second-order valence-electron chi connectivity index (χ2n) is 7.70. The molecule has 1 saturated carbocycles. The van der Waals surface area contributed by atoms with Crippen molar-refractivity contribution in [1.82, 2.24) is 10.3 Å². The summed E-state index contributed by atoms with van der Waals surface area (Å²) in [7, 11) is 0. The van der Waals surface area contributed by atoms with Crippen LogP contribution in [-0.4, -0.2) is 17.1 Å². The number of fused-ring (bicyclic) bond motifs is 3. The molecule has 5 nitrogen and oxygen atoms in total. The van der Waals surface area contributed by atoms with Gasteiger partial charge in [-0.25, -0.2) is 9.78 Å². The maximum Gasteiger partial charge on any atom is 0.320 e. The molecule has 148 valence electrons. The van der Waals surface area contributed by atoms with Crippen molar-refractivity contribution in [2.24, 2.45) is 5.92 Å². The van der Waals surface area contributed by atoms with Crippen molar-refractivity contribution >= 4 is 11.8 Å². The van der Waals surface area contributed by atoms with Crippen LogP contribution in [0.25, 0.3) is 0 Å². The Balaban J connectivity index is 1.18. The number of rotatable bonds is 4. The molecule has 5 rings (SSSR count). The van der Waals surface area contributed by atoms with Crippen LogP contribution in [0.3, 0.4) is 0 Å². The molecule has 5 heteroatoms. The molecule has 1 aromatic heterocycles. The minimum absolute atomic E-state index is 0.156. The van der Waals surface area contributed by atoms with E-state index in [-0.39, 0.29) is 12.1 Å². The highest BCUT2D eigenvalue weighted by molar-refractivity contribution is 5.89. The Bertz CT molecular complexity index is 1120. The standard InChI is InChI=1S/C25H21N3O2/c1-2-16-8-11-20-17(14-16)9-12-21-23(20)24(21)28-25(29)27-22-13-10-19(15-26-22)30-18-6-4-3-5-7-18/h1,3-8,10-11,13-15,21,23-24H,9,12H2,(H2,26,27,28,29)/t21-,23+,24-/m1/s1. The van der Waals surface area contributed by atoms with Crippen LogP contribution >= 0.6 is 0 Å². The summed E-state index contributed by atoms with van der Waals surface area (Å²) in [5, 5.41) is 5.92. The minimum atomic E-state index is -0.236. The predicted molar refractivity (Wildman–Crippen MR) is 116 cm³/mol. The number of pyridine rings is 1. The number of aromatic nitrogens is 1. The molecule has 2 aliphatic rings. The molecule has 0 bridgehead atoms. The highest BCUT2D eigenvalue weighted by Crippen LogP contribution is 2.54. The van der Waals surface area contributed by atoms with E-state index < -0.39 is 0 Å². The van der Waals surface area contributed by atoms with Crippen molar-refractivity contribution in [3.05, 3.63) is 83.6 Å². The fraction of sp³-hybridized carbons (Fsp3) is 0.200. The molecule has 0 aliphatic heterocycles. The third-order valence-corrected chi connectivity index (χ3v) is 5.84. The van der Waals surface area contributed by atoms with Gasteiger partial charge in [-0.15, -0.1) is 6.42 Å². The Labute approximate surface area is 175 Å². The Morgan fingerprint density at radius 2 is 1.97 bits per heavy atom. The highest BCUT2D eigenvalue weighted by Gasteiger charge is 2.53. The van der Waals surface area contributed by atoms with Crippen LogP contribution in [-0.2, 0) is 6.42 Å². The molecule has 0 unspecified atom stereocenters. The van der Waals surface area contributed by atoms with Crippen molar-refractivity contribution < 1.29 is 9.53 Å². The quantitative estimate of drug-likeness (QED) is 0.629. The zero-order valence-corrected chi connectivity index (χ0v) is 16.3. The lowest BCUT2D eigenvalue weighted by Crippen LogP contribution is -2.32. The van der Waals surface area contributed by atoms with Gasteiger partial charge in [0.05, 0.1) is 6.20 Å². The molecular weight excluding hydrogens is 374 g/mol. The summed E-state index contributed by atoms with van der Waals surface area (Å²) in [4.78, 5) is 16.7. The summed E-state index contributed by atoms with van der Waals surface area (Å²) in [6, 6.07) is 19.1. The van der Waals surface area contributed by atoms with Crippen LogP contribution in [0.4, 0.5) is 10.6 Å². The topological polar surface area (TPSA) is 63.2 Å². The van der Waals surface area contributed by atoms with E-state index in [1.807, 2.05) is 36.4 Å². The predicted octanol–water partition coefficient (Wildman–Crippen LogP) is 4.71. The van der Waals surface area contributed by atoms with Crippen molar-refractivity contribution in [3.8, 4) is 23.8 Å². The number of anilines is 1. The number of ether oxygens (including phenoxy) is 1. The summed E-state index contributed by atoms with van der Waals surface area (Å²) >= 11 is 0. The zero-order chi connectivity index (χ0) is 20.5. The maximum atomic E-state index is 12.5. The van der Waals surface area contributed by atoms with E-state index in [1.165, 1.54) is 11.1 Å². The Morgan fingerprint density at radius 1 is 1.10 bits per heavy atom. The van der Waals surface area contributed by atoms with Gasteiger partial charge in [-0.3, -0.25) is 5.32 Å². The van der Waals surface area contributed by atoms with Gasteiger partial charge in [0.25, 0.3) is 0 Å². The van der Waals surface area contributed by atoms with E-state index in [0.717, 1.165) is 24.2 Å². The van der Waals surface area contributed by atoms with Crippen molar-refractivity contribution in [2.75, 3.05) is 5.32 Å². The average Bonchev–Trinajstić information content (AvgIpc) is 3.48. The van der Waals surface area contributed by atoms with E-state index in [1.54, 1.807) is 18.3 Å². The number of amides is 2. The van der Waals surface area contributed by atoms with Gasteiger partial charge >= 0.3 is 6.03 Å². The summed E-state index contributed by atoms with van der Waals surface area (Å²) in [5.74, 6) is 5.40. The number of benzene rings is 2. The fourth-order valence-corrected chi connectivity index (χ4v) is 4.36. The first-order chi connectivity index (χ1) is 14.7. The molecule has 0 saturated heterocycles. The summed E-state index contributed by atoms with van der Waals surface area (Å²) in [5.41, 5.74) is 3.55. The summed E-state index contributed by atoms with van der Waals surface area (Å²) in [6.07, 6.45) is 9.19. The van der Waals surface area contributed by atoms with Crippen molar-refractivity contribution in [3.63, 3.8) is 0 Å². The monoisotopic (exact) mass is 395 g/mol. The normalized spacial score (nSPS) is 20.8. The number of hydrogen-bond acceptors (Lipinski definition) is 3. The number of carbonyl (C=O) groups excluding carboxylic acids is 1. The number of nitrogens with one attached hydrogen (secondary N) is 2. The lowest BCUT2D eigenvalue weighted by Gasteiger charge is -2.14. The number of urea groups is 1. The number of para-hydroxylation sites is 1. The molecule has 1 fully saturated rings. The van der Waals surface area contributed by atoms with Crippen LogP contribution in [0.1, 0.15) is 29.0 Å². The molecular formula is C25H21N3O2. The lowest BCUT2D eigenvalue weighted by atomic mass is 9.90. The Morgan fingerprint density at radius 3 is 2.73 bits per heavy atom. The molecule has 3 atom stereocenters. The molecule has 1 heterocycles. The van der Waals surface area contributed by atoms with Gasteiger partial charge in [-0.1, -0.05) is 30.2 Å². The smallest absolute Gasteiger partial charge is 0.320 e. The molecule has 30 heavy (non-hydrogen) atoms. The van der Waals surface area contributed by atoms with Crippen LogP contribution in [0.5, 0.6) is 11.5 Å². The fourth-order valence-electron chi connectivity index (χ4n) is 4.36. The molecule has 2 aliphatic carbocycles. The van der Waals surface area contributed by atoms with Gasteiger partial charge in [0.15, 0.2) is 0 Å². The minimum Gasteiger partial charge on any atom is -0.456 e. The van der Waals surface area contributed by atoms with Crippen LogP contribution in [0.2, 0.25) is 0 Å². The van der Waals surface area contributed by atoms with Gasteiger partial charge in [0.1, 0.15) is 17.3 Å². The van der Waals surface area contributed by atoms with E-state index in [4.69, 9.17) is 11.2 Å². The van der Waals surface area contributed by atoms with E-state index in [2.05, 4.69) is 33.7 Å². The van der Waals surface area contributed by atoms with Gasteiger partial charge in [-0.2, -0.15) is 0 Å². The first-order valence-electron chi connectivity index (χ1n) is 10.1. The second kappa shape index (κ2) is 7.57. The van der Waals surface area contributed by atoms with E-state index in [0.29, 0.717) is 23.4 Å². The van der Waals surface area contributed by atoms with Crippen LogP contribution in [0, 0.1) is 18.3 Å². The van der Waals surface area contributed by atoms with E-state index in [9.17, 15) is 4.79 Å². The molecule has 0 spiro atoms. The second-order valence-corrected chi connectivity index (χ2v) is 7.70. The number of aryl methyl sites for hydroxylation is 1. The average molecular weight is 395 g/mol. The maximum absolute atomic E-state index is 12.5. The SMILES string of the molecule is C#Cc1ccc2c(c1)CC[C@H]1[C@@H](NC(=O)Nc3ccc(Oc4ccccc4)cn3)[C@@H]21. The van der Waals surface area contributed by atoms with E-state index >= 15 is 0 Å². The summed E-state index contributed by atoms with van der Waals surface area (Å²) in [6.45, 7) is 0. The van der Waals surface area contributed by atoms with Gasteiger partial charge in [0, 0.05) is 17.5 Å². The third kappa shape index (κ3) is 3.60. The number of carbonyl (C=O) groups is 1. The van der Waals surface area contributed by atoms with Crippen molar-refractivity contribution in [1.29, 1.82) is 0 Å². The van der Waals surface area contributed by atoms with Gasteiger partial charge in [-0.05, 0) is 66.3 Å². The molecule has 2 amide bonds. The molecule has 2 aromatic carbocycles. The zero-order valence-electron chi connectivity index (χ0n) is 16.3.